The van der Waals surface area contributed by atoms with Crippen LogP contribution in [0.1, 0.15) is 11.8 Å². The second kappa shape index (κ2) is 6.57. The largest absolute Gasteiger partial charge is 0.497 e. The first-order valence-electron chi connectivity index (χ1n) is 6.58. The number of nitrogens with zero attached hydrogens (tertiary/aromatic N) is 1. The van der Waals surface area contributed by atoms with Crippen LogP contribution in [0, 0.1) is 12.8 Å². The van der Waals surface area contributed by atoms with Crippen LogP contribution in [0.15, 0.2) is 24.3 Å². The smallest absolute Gasteiger partial charge is 0.315 e. The molecule has 1 unspecified atom stereocenters. The first-order chi connectivity index (χ1) is 10.4. The molecule has 0 aliphatic rings. The van der Waals surface area contributed by atoms with Gasteiger partial charge >= 0.3 is 5.97 Å². The molecule has 2 aromatic rings. The SMILES string of the molecule is COc1ccc(-c2nc(NC(=O)C(C)C(=O)O)sc2C)cc1. The van der Waals surface area contributed by atoms with Gasteiger partial charge in [0.1, 0.15) is 11.7 Å². The molecule has 0 saturated heterocycles. The number of anilines is 1. The van der Waals surface area contributed by atoms with Crippen LogP contribution < -0.4 is 10.1 Å². The Morgan fingerprint density at radius 3 is 2.50 bits per heavy atom. The van der Waals surface area contributed by atoms with Crippen LogP contribution in [0.3, 0.4) is 0 Å². The Labute approximate surface area is 131 Å². The minimum absolute atomic E-state index is 0.390. The first kappa shape index (κ1) is 16.0. The molecule has 0 radical (unpaired) electrons. The van der Waals surface area contributed by atoms with Crippen molar-refractivity contribution in [2.75, 3.05) is 12.4 Å². The third-order valence-corrected chi connectivity index (χ3v) is 4.04. The van der Waals surface area contributed by atoms with Crippen LogP contribution in [-0.2, 0) is 9.59 Å². The number of carbonyl (C=O) groups is 2. The molecule has 0 aliphatic carbocycles. The molecule has 2 rings (SSSR count). The van der Waals surface area contributed by atoms with Crippen LogP contribution >= 0.6 is 11.3 Å². The van der Waals surface area contributed by atoms with Crippen molar-refractivity contribution in [3.8, 4) is 17.0 Å². The van der Waals surface area contributed by atoms with Crippen LogP contribution in [0.4, 0.5) is 5.13 Å². The van der Waals surface area contributed by atoms with Crippen LogP contribution in [0.2, 0.25) is 0 Å². The summed E-state index contributed by atoms with van der Waals surface area (Å²) in [5.74, 6) is -2.11. The summed E-state index contributed by atoms with van der Waals surface area (Å²) in [5, 5.41) is 11.8. The van der Waals surface area contributed by atoms with Crippen LogP contribution in [0.25, 0.3) is 11.3 Å². The lowest BCUT2D eigenvalue weighted by atomic mass is 10.1. The summed E-state index contributed by atoms with van der Waals surface area (Å²) in [5.41, 5.74) is 1.66. The molecule has 1 amide bonds. The monoisotopic (exact) mass is 320 g/mol. The lowest BCUT2D eigenvalue weighted by molar-refractivity contribution is -0.144. The molecule has 1 aromatic carbocycles. The van der Waals surface area contributed by atoms with Gasteiger partial charge in [-0.05, 0) is 38.1 Å². The van der Waals surface area contributed by atoms with Crippen molar-refractivity contribution in [3.63, 3.8) is 0 Å². The summed E-state index contributed by atoms with van der Waals surface area (Å²) < 4.78 is 5.11. The number of methoxy groups -OCH3 is 1. The van der Waals surface area contributed by atoms with Crippen molar-refractivity contribution in [2.45, 2.75) is 13.8 Å². The predicted octanol–water partition coefficient (Wildman–Crippen LogP) is 2.79. The Morgan fingerprint density at radius 2 is 1.95 bits per heavy atom. The zero-order chi connectivity index (χ0) is 16.3. The van der Waals surface area contributed by atoms with E-state index >= 15 is 0 Å². The number of aliphatic carboxylic acids is 1. The molecule has 22 heavy (non-hydrogen) atoms. The number of rotatable bonds is 5. The van der Waals surface area contributed by atoms with Gasteiger partial charge in [-0.3, -0.25) is 9.59 Å². The Morgan fingerprint density at radius 1 is 1.32 bits per heavy atom. The fourth-order valence-electron chi connectivity index (χ4n) is 1.79. The number of ether oxygens (including phenoxy) is 1. The van der Waals surface area contributed by atoms with E-state index in [2.05, 4.69) is 10.3 Å². The van der Waals surface area contributed by atoms with E-state index in [4.69, 9.17) is 9.84 Å². The topological polar surface area (TPSA) is 88.5 Å². The maximum absolute atomic E-state index is 11.8. The van der Waals surface area contributed by atoms with Gasteiger partial charge in [0.05, 0.1) is 12.8 Å². The molecule has 6 nitrogen and oxygen atoms in total. The summed E-state index contributed by atoms with van der Waals surface area (Å²) >= 11 is 1.31. The lowest BCUT2D eigenvalue weighted by Gasteiger charge is -2.05. The molecule has 0 fully saturated rings. The molecule has 2 N–H and O–H groups in total. The van der Waals surface area contributed by atoms with E-state index in [-0.39, 0.29) is 0 Å². The Kier molecular flexibility index (Phi) is 4.77. The molecule has 0 bridgehead atoms. The molecule has 0 saturated carbocycles. The summed E-state index contributed by atoms with van der Waals surface area (Å²) in [7, 11) is 1.60. The highest BCUT2D eigenvalue weighted by atomic mass is 32.1. The fraction of sp³-hybridized carbons (Fsp3) is 0.267. The van der Waals surface area contributed by atoms with Gasteiger partial charge in [-0.15, -0.1) is 11.3 Å². The normalized spacial score (nSPS) is 11.8. The van der Waals surface area contributed by atoms with Crippen molar-refractivity contribution in [1.82, 2.24) is 4.98 Å². The fourth-order valence-corrected chi connectivity index (χ4v) is 2.63. The van der Waals surface area contributed by atoms with E-state index in [1.165, 1.54) is 18.3 Å². The van der Waals surface area contributed by atoms with E-state index in [1.54, 1.807) is 7.11 Å². The molecular formula is C15H16N2O4S. The van der Waals surface area contributed by atoms with Gasteiger partial charge in [-0.1, -0.05) is 0 Å². The summed E-state index contributed by atoms with van der Waals surface area (Å²) in [4.78, 5) is 27.9. The Hall–Kier alpha value is -2.41. The number of aryl methyl sites for hydroxylation is 1. The second-order valence-corrected chi connectivity index (χ2v) is 5.90. The molecule has 1 aromatic heterocycles. The number of carboxylic acid groups (broad SMARTS) is 1. The average Bonchev–Trinajstić information content (AvgIpc) is 2.86. The highest BCUT2D eigenvalue weighted by molar-refractivity contribution is 7.16. The molecular weight excluding hydrogens is 304 g/mol. The first-order valence-corrected chi connectivity index (χ1v) is 7.39. The second-order valence-electron chi connectivity index (χ2n) is 4.70. The standard InChI is InChI=1S/C15H16N2O4S/c1-8(14(19)20)13(18)17-15-16-12(9(2)22-15)10-4-6-11(21-3)7-5-10/h4-8H,1-3H3,(H,19,20)(H,16,17,18). The van der Waals surface area contributed by atoms with E-state index in [9.17, 15) is 9.59 Å². The van der Waals surface area contributed by atoms with Crippen LogP contribution in [0.5, 0.6) is 5.75 Å². The third-order valence-electron chi connectivity index (χ3n) is 3.15. The van der Waals surface area contributed by atoms with Gasteiger partial charge in [-0.25, -0.2) is 4.98 Å². The van der Waals surface area contributed by atoms with E-state index in [1.807, 2.05) is 31.2 Å². The average molecular weight is 320 g/mol. The van der Waals surface area contributed by atoms with Gasteiger partial charge in [0, 0.05) is 10.4 Å². The molecule has 0 spiro atoms. The number of amides is 1. The van der Waals surface area contributed by atoms with Crippen molar-refractivity contribution < 1.29 is 19.4 Å². The quantitative estimate of drug-likeness (QED) is 0.827. The molecule has 7 heteroatoms. The number of carbonyl (C=O) groups excluding carboxylic acids is 1. The molecule has 116 valence electrons. The highest BCUT2D eigenvalue weighted by Gasteiger charge is 2.22. The number of hydrogen-bond donors (Lipinski definition) is 2. The van der Waals surface area contributed by atoms with Gasteiger partial charge in [0.2, 0.25) is 5.91 Å². The van der Waals surface area contributed by atoms with Gasteiger partial charge in [-0.2, -0.15) is 0 Å². The molecule has 1 heterocycles. The number of carboxylic acids is 1. The van der Waals surface area contributed by atoms with Gasteiger partial charge < -0.3 is 15.2 Å². The summed E-state index contributed by atoms with van der Waals surface area (Å²) in [6, 6.07) is 7.43. The predicted molar refractivity (Wildman–Crippen MR) is 84.3 cm³/mol. The minimum atomic E-state index is -1.17. The Bertz CT molecular complexity index is 694. The van der Waals surface area contributed by atoms with Gasteiger partial charge in [0.15, 0.2) is 5.13 Å². The number of aromatic nitrogens is 1. The highest BCUT2D eigenvalue weighted by Crippen LogP contribution is 2.31. The minimum Gasteiger partial charge on any atom is -0.497 e. The van der Waals surface area contributed by atoms with Crippen LogP contribution in [-0.4, -0.2) is 29.1 Å². The van der Waals surface area contributed by atoms with Crippen molar-refractivity contribution in [3.05, 3.63) is 29.1 Å². The zero-order valence-electron chi connectivity index (χ0n) is 12.4. The maximum Gasteiger partial charge on any atom is 0.315 e. The third kappa shape index (κ3) is 3.43. The van der Waals surface area contributed by atoms with E-state index < -0.39 is 17.8 Å². The van der Waals surface area contributed by atoms with E-state index in [0.29, 0.717) is 5.13 Å². The van der Waals surface area contributed by atoms with E-state index in [0.717, 1.165) is 21.9 Å². The number of thiazole rings is 1. The molecule has 1 atom stereocenters. The zero-order valence-corrected chi connectivity index (χ0v) is 13.2. The van der Waals surface area contributed by atoms with Gasteiger partial charge in [0.25, 0.3) is 0 Å². The summed E-state index contributed by atoms with van der Waals surface area (Å²) in [6.45, 7) is 3.23. The van der Waals surface area contributed by atoms with Crippen molar-refractivity contribution in [2.24, 2.45) is 5.92 Å². The Balaban J connectivity index is 2.20. The van der Waals surface area contributed by atoms with Crippen molar-refractivity contribution >= 4 is 28.3 Å². The number of hydrogen-bond acceptors (Lipinski definition) is 5. The van der Waals surface area contributed by atoms with Crippen molar-refractivity contribution in [1.29, 1.82) is 0 Å². The molecule has 0 aliphatic heterocycles. The number of benzene rings is 1. The lowest BCUT2D eigenvalue weighted by Crippen LogP contribution is -2.26. The summed E-state index contributed by atoms with van der Waals surface area (Å²) in [6.07, 6.45) is 0. The number of nitrogens with one attached hydrogen (secondary N) is 1. The maximum atomic E-state index is 11.8.